The summed E-state index contributed by atoms with van der Waals surface area (Å²) in [6.07, 6.45) is 0. The van der Waals surface area contributed by atoms with E-state index in [1.165, 1.54) is 37.8 Å². The second-order valence-corrected chi connectivity index (χ2v) is 36.5. The SMILES string of the molecule is C[Si](C)(C)c1cc(-c2c([SiH3])ccc(Cl)c2-c2cc([Si](C)(C)C)cc([Si](C)(C)C)c2)cc([Si](C)(C)C)c1. The van der Waals surface area contributed by atoms with Crippen LogP contribution in [0, 0.1) is 0 Å². The molecule has 36 heavy (non-hydrogen) atoms. The zero-order valence-corrected chi connectivity index (χ0v) is 31.8. The van der Waals surface area contributed by atoms with Crippen molar-refractivity contribution in [3.05, 3.63) is 53.6 Å². The molecule has 0 aromatic heterocycles. The van der Waals surface area contributed by atoms with Gasteiger partial charge in [-0.15, -0.1) is 0 Å². The van der Waals surface area contributed by atoms with Crippen molar-refractivity contribution in [3.63, 3.8) is 0 Å². The Labute approximate surface area is 233 Å². The molecule has 0 fully saturated rings. The summed E-state index contributed by atoms with van der Waals surface area (Å²) in [7, 11) is -5.00. The van der Waals surface area contributed by atoms with E-state index >= 15 is 0 Å². The van der Waals surface area contributed by atoms with Crippen molar-refractivity contribution < 1.29 is 0 Å². The van der Waals surface area contributed by atoms with Gasteiger partial charge in [-0.1, -0.05) is 159 Å². The number of benzene rings is 3. The maximum atomic E-state index is 7.13. The van der Waals surface area contributed by atoms with Gasteiger partial charge >= 0.3 is 0 Å². The first kappa shape index (κ1) is 29.6. The second-order valence-electron chi connectivity index (χ2n) is 14.7. The smallest absolute Gasteiger partial charge is 0.0776 e. The Morgan fingerprint density at radius 2 is 0.778 bits per heavy atom. The fraction of sp³-hybridized carbons (Fsp3) is 0.400. The highest BCUT2D eigenvalue weighted by Gasteiger charge is 2.27. The topological polar surface area (TPSA) is 0 Å². The van der Waals surface area contributed by atoms with Gasteiger partial charge in [-0.05, 0) is 22.8 Å². The lowest BCUT2D eigenvalue weighted by molar-refractivity contribution is 1.60. The molecule has 0 heterocycles. The third-order valence-electron chi connectivity index (χ3n) is 7.27. The highest BCUT2D eigenvalue weighted by atomic mass is 35.5. The summed E-state index contributed by atoms with van der Waals surface area (Å²) in [6.45, 7) is 29.6. The number of halogens is 1. The van der Waals surface area contributed by atoms with Crippen LogP contribution in [0.1, 0.15) is 0 Å². The van der Waals surface area contributed by atoms with Gasteiger partial charge in [0.15, 0.2) is 0 Å². The van der Waals surface area contributed by atoms with Gasteiger partial charge in [0, 0.05) is 20.8 Å². The molecule has 0 aliphatic rings. The molecule has 0 bridgehead atoms. The van der Waals surface area contributed by atoms with Crippen molar-refractivity contribution in [2.45, 2.75) is 78.6 Å². The molecule has 3 aromatic rings. The lowest BCUT2D eigenvalue weighted by Gasteiger charge is -2.27. The zero-order valence-electron chi connectivity index (χ0n) is 25.0. The van der Waals surface area contributed by atoms with Crippen LogP contribution in [0.2, 0.25) is 83.6 Å². The molecule has 6 heteroatoms. The number of hydrogen-bond acceptors (Lipinski definition) is 0. The number of rotatable bonds is 6. The molecule has 3 aromatic carbocycles. The lowest BCUT2D eigenvalue weighted by Crippen LogP contribution is -2.45. The number of hydrogen-bond donors (Lipinski definition) is 0. The lowest BCUT2D eigenvalue weighted by atomic mass is 9.94. The Morgan fingerprint density at radius 3 is 1.08 bits per heavy atom. The van der Waals surface area contributed by atoms with Crippen LogP contribution in [0.5, 0.6) is 0 Å². The molecular formula is C30H47ClSi5. The summed E-state index contributed by atoms with van der Waals surface area (Å²) in [4.78, 5) is 0. The Hall–Kier alpha value is -0.966. The fourth-order valence-corrected chi connectivity index (χ4v) is 10.6. The predicted octanol–water partition coefficient (Wildman–Crippen LogP) is 5.85. The van der Waals surface area contributed by atoms with Crippen molar-refractivity contribution in [2.75, 3.05) is 0 Å². The molecular weight excluding hydrogens is 536 g/mol. The van der Waals surface area contributed by atoms with Crippen molar-refractivity contribution in [2.24, 2.45) is 0 Å². The van der Waals surface area contributed by atoms with E-state index in [1.807, 2.05) is 0 Å². The third-order valence-corrected chi connectivity index (χ3v) is 16.5. The first-order valence-electron chi connectivity index (χ1n) is 13.3. The quantitative estimate of drug-likeness (QED) is 0.320. The fourth-order valence-electron chi connectivity index (χ4n) is 4.61. The summed E-state index contributed by atoms with van der Waals surface area (Å²) in [5.41, 5.74) is 5.32. The van der Waals surface area contributed by atoms with Crippen LogP contribution >= 0.6 is 11.6 Å². The summed E-state index contributed by atoms with van der Waals surface area (Å²) in [5, 5.41) is 8.52. The van der Waals surface area contributed by atoms with Crippen LogP contribution in [0.25, 0.3) is 22.3 Å². The average molecular weight is 584 g/mol. The molecule has 0 unspecified atom stereocenters. The molecule has 194 valence electrons. The molecule has 0 saturated carbocycles. The molecule has 0 saturated heterocycles. The molecule has 0 spiro atoms. The van der Waals surface area contributed by atoms with Gasteiger partial charge in [0.25, 0.3) is 0 Å². The van der Waals surface area contributed by atoms with Crippen molar-refractivity contribution in [3.8, 4) is 22.3 Å². The minimum Gasteiger partial charge on any atom is -0.0836 e. The Kier molecular flexibility index (Phi) is 8.19. The van der Waals surface area contributed by atoms with Crippen LogP contribution in [0.3, 0.4) is 0 Å². The van der Waals surface area contributed by atoms with E-state index in [0.717, 1.165) is 15.3 Å². The van der Waals surface area contributed by atoms with Gasteiger partial charge in [0.1, 0.15) is 0 Å². The van der Waals surface area contributed by atoms with E-state index < -0.39 is 32.3 Å². The van der Waals surface area contributed by atoms with E-state index in [0.29, 0.717) is 0 Å². The first-order valence-corrected chi connectivity index (χ1v) is 28.7. The minimum absolute atomic E-state index is 0.881. The Morgan fingerprint density at radius 1 is 0.472 bits per heavy atom. The first-order chi connectivity index (χ1) is 16.2. The van der Waals surface area contributed by atoms with E-state index in [4.69, 9.17) is 11.6 Å². The van der Waals surface area contributed by atoms with Crippen molar-refractivity contribution in [1.82, 2.24) is 0 Å². The zero-order chi connectivity index (χ0) is 27.4. The van der Waals surface area contributed by atoms with E-state index in [-0.39, 0.29) is 0 Å². The van der Waals surface area contributed by atoms with Gasteiger partial charge in [-0.3, -0.25) is 0 Å². The van der Waals surface area contributed by atoms with Gasteiger partial charge < -0.3 is 0 Å². The summed E-state index contributed by atoms with van der Waals surface area (Å²) >= 11 is 7.13. The van der Waals surface area contributed by atoms with Crippen LogP contribution in [-0.4, -0.2) is 42.5 Å². The third kappa shape index (κ3) is 6.53. The monoisotopic (exact) mass is 582 g/mol. The van der Waals surface area contributed by atoms with Gasteiger partial charge in [0.05, 0.1) is 32.3 Å². The molecule has 3 rings (SSSR count). The van der Waals surface area contributed by atoms with Gasteiger partial charge in [0.2, 0.25) is 0 Å². The second kappa shape index (κ2) is 9.97. The average Bonchev–Trinajstić information content (AvgIpc) is 2.72. The Balaban J connectivity index is 2.46. The molecule has 0 amide bonds. The van der Waals surface area contributed by atoms with E-state index in [2.05, 4.69) is 127 Å². The summed E-state index contributed by atoms with van der Waals surface area (Å²) < 4.78 is 0. The molecule has 0 aliphatic carbocycles. The highest BCUT2D eigenvalue weighted by Crippen LogP contribution is 2.36. The van der Waals surface area contributed by atoms with Crippen LogP contribution < -0.4 is 25.9 Å². The van der Waals surface area contributed by atoms with Crippen LogP contribution in [0.15, 0.2) is 48.5 Å². The van der Waals surface area contributed by atoms with E-state index in [9.17, 15) is 0 Å². The standard InChI is InChI=1S/C30H47ClSi5/c1-33(2,3)23-15-21(16-24(19-23)34(4,5)6)29-27(31)13-14-28(32)30(29)22-17-25(35(7,8)9)20-26(18-22)36(10,11)12/h13-20H,1-12,32H3. The highest BCUT2D eigenvalue weighted by molar-refractivity contribution is 6.92. The maximum Gasteiger partial charge on any atom is 0.0776 e. The minimum atomic E-state index is -1.50. The molecule has 0 aliphatic heterocycles. The largest absolute Gasteiger partial charge is 0.0836 e. The predicted molar refractivity (Wildman–Crippen MR) is 184 cm³/mol. The molecule has 0 nitrogen and oxygen atoms in total. The molecule has 0 atom stereocenters. The van der Waals surface area contributed by atoms with Crippen molar-refractivity contribution in [1.29, 1.82) is 0 Å². The normalized spacial score (nSPS) is 13.4. The van der Waals surface area contributed by atoms with Gasteiger partial charge in [-0.2, -0.15) is 0 Å². The Bertz CT molecular complexity index is 1120. The van der Waals surface area contributed by atoms with Crippen LogP contribution in [-0.2, 0) is 0 Å². The summed E-state index contributed by atoms with van der Waals surface area (Å²) in [6, 6.07) is 19.4. The summed E-state index contributed by atoms with van der Waals surface area (Å²) in [5.74, 6) is 0. The van der Waals surface area contributed by atoms with E-state index in [1.54, 1.807) is 10.4 Å². The van der Waals surface area contributed by atoms with Gasteiger partial charge in [-0.25, -0.2) is 0 Å². The maximum absolute atomic E-state index is 7.13. The van der Waals surface area contributed by atoms with Crippen molar-refractivity contribution >= 4 is 80.1 Å². The molecule has 0 N–H and O–H groups in total. The van der Waals surface area contributed by atoms with Crippen LogP contribution in [0.4, 0.5) is 0 Å². The molecule has 0 radical (unpaired) electrons.